The van der Waals surface area contributed by atoms with Gasteiger partial charge in [0.05, 0.1) is 44.2 Å². The molecule has 42 heavy (non-hydrogen) atoms. The summed E-state index contributed by atoms with van der Waals surface area (Å²) in [7, 11) is -3.10. The number of hydrogen-bond donors (Lipinski definition) is 7. The highest BCUT2D eigenvalue weighted by Crippen LogP contribution is 2.39. The maximum Gasteiger partial charge on any atom is 0.385 e. The molecule has 22 heteroatoms. The Morgan fingerprint density at radius 3 is 1.74 bits per heavy atom. The zero-order valence-electron chi connectivity index (χ0n) is 21.0. The van der Waals surface area contributed by atoms with Crippen LogP contribution in [0.1, 0.15) is 12.5 Å². The molecule has 17 nitrogen and oxygen atoms in total. The number of hydrogen-bond acceptors (Lipinski definition) is 15. The average Bonchev–Trinajstić information content (AvgIpc) is 3.43. The van der Waals surface area contributed by atoms with Crippen molar-refractivity contribution in [2.75, 3.05) is 31.3 Å². The van der Waals surface area contributed by atoms with Crippen LogP contribution in [0.2, 0.25) is 0 Å². The van der Waals surface area contributed by atoms with E-state index in [0.717, 1.165) is 0 Å². The number of anilines is 2. The first-order valence-electron chi connectivity index (χ1n) is 11.6. The summed E-state index contributed by atoms with van der Waals surface area (Å²) in [4.78, 5) is 58.1. The summed E-state index contributed by atoms with van der Waals surface area (Å²) in [6, 6.07) is 0. The molecular weight excluding hydrogens is 607 g/mol. The highest BCUT2D eigenvalue weighted by atomic mass is 31.2. The van der Waals surface area contributed by atoms with E-state index in [9.17, 15) is 31.9 Å². The van der Waals surface area contributed by atoms with Crippen LogP contribution in [0.4, 0.5) is 34.0 Å². The first-order chi connectivity index (χ1) is 19.7. The standard InChI is InChI=1S/C10H12F2N3O7P.C10H13F2N3O4/c11-4-1-15(9(17)14-6(4)13)7-5(12)3(2-16)8(21-7)22-10(18)23(19)20;11-5-1-15(10(18)14-8(5)13)9-7(12)4(2-16)6(3-17)19-9/h1,3,5,7-8,16,19-20H,2H2,(H2,13,14,17);1,4,6-7,9,16-17H,2-3H2,(H2,13,14,18)/t3-,5-,7+,8+;4-,6-,7+,9-/m01/s1. The van der Waals surface area contributed by atoms with Crippen molar-refractivity contribution >= 4 is 25.7 Å². The van der Waals surface area contributed by atoms with Crippen molar-refractivity contribution in [3.05, 3.63) is 45.0 Å². The zero-order valence-corrected chi connectivity index (χ0v) is 21.9. The molecule has 0 amide bonds. The van der Waals surface area contributed by atoms with Gasteiger partial charge in [-0.15, -0.1) is 0 Å². The second-order valence-electron chi connectivity index (χ2n) is 8.73. The number of nitrogens with two attached hydrogens (primary N) is 2. The van der Waals surface area contributed by atoms with E-state index < -0.39 is 118 Å². The van der Waals surface area contributed by atoms with Crippen molar-refractivity contribution in [1.29, 1.82) is 0 Å². The van der Waals surface area contributed by atoms with Crippen molar-refractivity contribution in [2.24, 2.45) is 11.8 Å². The van der Waals surface area contributed by atoms with Gasteiger partial charge >= 0.3 is 17.1 Å². The van der Waals surface area contributed by atoms with E-state index in [2.05, 4.69) is 14.7 Å². The van der Waals surface area contributed by atoms with Gasteiger partial charge < -0.3 is 50.8 Å². The molecule has 9 N–H and O–H groups in total. The van der Waals surface area contributed by atoms with E-state index in [0.29, 0.717) is 21.5 Å². The van der Waals surface area contributed by atoms with Crippen molar-refractivity contribution in [3.8, 4) is 0 Å². The van der Waals surface area contributed by atoms with Crippen LogP contribution in [0.3, 0.4) is 0 Å². The molecule has 0 radical (unpaired) electrons. The van der Waals surface area contributed by atoms with Gasteiger partial charge in [-0.05, 0) is 0 Å². The highest BCUT2D eigenvalue weighted by Gasteiger charge is 2.49. The Balaban J connectivity index is 0.000000235. The number of aliphatic hydroxyl groups is 3. The third-order valence-electron chi connectivity index (χ3n) is 6.18. The summed E-state index contributed by atoms with van der Waals surface area (Å²) in [6.45, 7) is -1.94. The lowest BCUT2D eigenvalue weighted by molar-refractivity contribution is -0.131. The molecule has 2 aromatic heterocycles. The molecule has 2 aromatic rings. The summed E-state index contributed by atoms with van der Waals surface area (Å²) >= 11 is 0. The van der Waals surface area contributed by atoms with Gasteiger partial charge in [0.25, 0.3) is 8.38 Å². The molecular formula is C20H25F4N6O11P. The molecule has 4 heterocycles. The number of halogens is 4. The van der Waals surface area contributed by atoms with Crippen LogP contribution in [-0.4, -0.2) is 94.5 Å². The number of alkyl halides is 2. The largest absolute Gasteiger partial charge is 0.429 e. The van der Waals surface area contributed by atoms with Gasteiger partial charge in [-0.1, -0.05) is 0 Å². The summed E-state index contributed by atoms with van der Waals surface area (Å²) in [5.74, 6) is -5.78. The molecule has 2 fully saturated rings. The zero-order chi connectivity index (χ0) is 31.5. The Morgan fingerprint density at radius 1 is 0.881 bits per heavy atom. The Labute approximate surface area is 232 Å². The lowest BCUT2D eigenvalue weighted by Crippen LogP contribution is -2.33. The minimum Gasteiger partial charge on any atom is -0.429 e. The summed E-state index contributed by atoms with van der Waals surface area (Å²) < 4.78 is 70.7. The first kappa shape index (κ1) is 33.2. The van der Waals surface area contributed by atoms with Crippen molar-refractivity contribution in [2.45, 2.75) is 37.2 Å². The van der Waals surface area contributed by atoms with Crippen LogP contribution >= 0.6 is 8.38 Å². The Hall–Kier alpha value is -3.30. The first-order valence-corrected chi connectivity index (χ1v) is 12.9. The number of carbonyl (C=O) groups excluding carboxylic acids is 1. The van der Waals surface area contributed by atoms with Crippen LogP contribution in [-0.2, 0) is 14.2 Å². The van der Waals surface area contributed by atoms with E-state index in [-0.39, 0.29) is 0 Å². The Morgan fingerprint density at radius 2 is 1.33 bits per heavy atom. The van der Waals surface area contributed by atoms with Gasteiger partial charge in [-0.25, -0.2) is 31.9 Å². The normalized spacial score (nSPS) is 28.9. The molecule has 4 rings (SSSR count). The number of carbonyl (C=O) groups is 1. The van der Waals surface area contributed by atoms with Gasteiger partial charge in [0.15, 0.2) is 48.1 Å². The van der Waals surface area contributed by atoms with Crippen LogP contribution in [0.25, 0.3) is 0 Å². The maximum absolute atomic E-state index is 14.3. The summed E-state index contributed by atoms with van der Waals surface area (Å²) in [5, 5.41) is 27.2. The molecule has 234 valence electrons. The van der Waals surface area contributed by atoms with Gasteiger partial charge in [-0.2, -0.15) is 9.97 Å². The number of aromatic nitrogens is 4. The van der Waals surface area contributed by atoms with E-state index in [4.69, 9.17) is 46.0 Å². The number of ether oxygens (including phenoxy) is 3. The predicted octanol–water partition coefficient (Wildman–Crippen LogP) is -2.00. The van der Waals surface area contributed by atoms with E-state index >= 15 is 0 Å². The van der Waals surface area contributed by atoms with E-state index in [1.807, 2.05) is 0 Å². The highest BCUT2D eigenvalue weighted by molar-refractivity contribution is 7.63. The molecule has 0 unspecified atom stereocenters. The SMILES string of the molecule is Nc1nc(=O)n([C@@H]2O[C@H](CO)[C@@H](CO)[C@@H]2F)cc1F.Nc1nc(=O)n([C@@H]2O[C@H](OC(=O)P(O)O)[C@@H](CO)[C@@H]2F)cc1F. The second kappa shape index (κ2) is 13.8. The molecule has 8 atom stereocenters. The Kier molecular flexibility index (Phi) is 10.9. The van der Waals surface area contributed by atoms with Gasteiger partial charge in [-0.3, -0.25) is 9.13 Å². The summed E-state index contributed by atoms with van der Waals surface area (Å²) in [6.07, 6.45) is -8.47. The molecule has 0 spiro atoms. The lowest BCUT2D eigenvalue weighted by Gasteiger charge is -2.17. The Bertz CT molecular complexity index is 1390. The topological polar surface area (TPSA) is 268 Å². The number of rotatable bonds is 7. The fraction of sp³-hybridized carbons (Fsp3) is 0.550. The minimum atomic E-state index is -3.10. The van der Waals surface area contributed by atoms with Gasteiger partial charge in [0, 0.05) is 5.92 Å². The van der Waals surface area contributed by atoms with Gasteiger partial charge in [0.2, 0.25) is 6.29 Å². The quantitative estimate of drug-likeness (QED) is 0.129. The van der Waals surface area contributed by atoms with E-state index in [1.54, 1.807) is 0 Å². The molecule has 2 aliphatic heterocycles. The van der Waals surface area contributed by atoms with Crippen LogP contribution in [0, 0.1) is 23.5 Å². The van der Waals surface area contributed by atoms with Crippen LogP contribution in [0.5, 0.6) is 0 Å². The molecule has 0 aliphatic carbocycles. The van der Waals surface area contributed by atoms with Crippen molar-refractivity contribution < 1.29 is 61.7 Å². The summed E-state index contributed by atoms with van der Waals surface area (Å²) in [5.41, 5.74) is 6.65. The van der Waals surface area contributed by atoms with Crippen LogP contribution in [0.15, 0.2) is 22.0 Å². The maximum atomic E-state index is 14.3. The number of aliphatic hydroxyl groups excluding tert-OH is 3. The third-order valence-corrected chi connectivity index (χ3v) is 6.61. The fourth-order valence-electron chi connectivity index (χ4n) is 4.01. The van der Waals surface area contributed by atoms with Gasteiger partial charge in [0.1, 0.15) is 0 Å². The number of nitrogens with zero attached hydrogens (tertiary/aromatic N) is 4. The second-order valence-corrected chi connectivity index (χ2v) is 9.67. The third kappa shape index (κ3) is 6.84. The molecule has 0 saturated carbocycles. The molecule has 2 aliphatic rings. The van der Waals surface area contributed by atoms with Crippen molar-refractivity contribution in [3.63, 3.8) is 0 Å². The average molecular weight is 632 g/mol. The van der Waals surface area contributed by atoms with Crippen LogP contribution < -0.4 is 22.8 Å². The van der Waals surface area contributed by atoms with E-state index in [1.165, 1.54) is 0 Å². The smallest absolute Gasteiger partial charge is 0.385 e. The minimum absolute atomic E-state index is 0.452. The van der Waals surface area contributed by atoms with Crippen molar-refractivity contribution in [1.82, 2.24) is 19.1 Å². The monoisotopic (exact) mass is 632 g/mol. The molecule has 0 bridgehead atoms. The molecule has 0 aromatic carbocycles. The number of nitrogen functional groups attached to an aromatic ring is 2. The lowest BCUT2D eigenvalue weighted by atomic mass is 10.0. The fourth-order valence-corrected chi connectivity index (χ4v) is 4.21. The predicted molar refractivity (Wildman–Crippen MR) is 129 cm³/mol. The molecule has 2 saturated heterocycles.